The molecule has 2 aromatic heterocycles. The Kier molecular flexibility index (Phi) is 5.95. The Balaban J connectivity index is 1.35. The van der Waals surface area contributed by atoms with Gasteiger partial charge in [-0.15, -0.1) is 0 Å². The molecule has 0 atom stereocenters. The second kappa shape index (κ2) is 10.3. The van der Waals surface area contributed by atoms with E-state index in [9.17, 15) is 0 Å². The molecule has 2 heterocycles. The number of nitrogens with one attached hydrogen (secondary N) is 2. The Labute approximate surface area is 267 Å². The Hall–Kier alpha value is -5.90. The normalized spacial score (nSPS) is 12.0. The van der Waals surface area contributed by atoms with Crippen LogP contribution in [0.3, 0.4) is 0 Å². The average Bonchev–Trinajstić information content (AvgIpc) is 3.68. The minimum absolute atomic E-state index is 0.517. The zero-order valence-electron chi connectivity index (χ0n) is 25.5. The maximum absolute atomic E-state index is 3.86. The molecule has 0 fully saturated rings. The van der Waals surface area contributed by atoms with Crippen LogP contribution in [0.5, 0.6) is 0 Å². The van der Waals surface area contributed by atoms with Crippen molar-refractivity contribution in [2.45, 2.75) is 0 Å². The van der Waals surface area contributed by atoms with Gasteiger partial charge in [0.2, 0.25) is 0 Å². The van der Waals surface area contributed by atoms with Crippen molar-refractivity contribution in [2.75, 3.05) is 7.05 Å². The Morgan fingerprint density at radius 1 is 0.391 bits per heavy atom. The summed E-state index contributed by atoms with van der Waals surface area (Å²) < 4.78 is 0.517. The molecule has 3 heteroatoms. The summed E-state index contributed by atoms with van der Waals surface area (Å²) in [6, 6.07) is 59.2. The van der Waals surface area contributed by atoms with Crippen molar-refractivity contribution in [2.24, 2.45) is 0 Å². The first-order valence-corrected chi connectivity index (χ1v) is 15.8. The van der Waals surface area contributed by atoms with Crippen molar-refractivity contribution in [3.63, 3.8) is 0 Å². The molecule has 3 nitrogen and oxygen atoms in total. The maximum atomic E-state index is 3.86. The van der Waals surface area contributed by atoms with E-state index in [1.54, 1.807) is 0 Å². The van der Waals surface area contributed by atoms with Crippen LogP contribution in [-0.2, 0) is 0 Å². The van der Waals surface area contributed by atoms with E-state index in [-0.39, 0.29) is 0 Å². The van der Waals surface area contributed by atoms with Gasteiger partial charge in [0.15, 0.2) is 5.69 Å². The van der Waals surface area contributed by atoms with E-state index in [1.165, 1.54) is 60.9 Å². The number of aromatic nitrogens is 2. The Morgan fingerprint density at radius 2 is 1.00 bits per heavy atom. The minimum Gasteiger partial charge on any atom is -0.354 e. The third kappa shape index (κ3) is 4.03. The van der Waals surface area contributed by atoms with Crippen molar-refractivity contribution < 1.29 is 0 Å². The van der Waals surface area contributed by atoms with Gasteiger partial charge in [0.05, 0.1) is 12.6 Å². The summed E-state index contributed by atoms with van der Waals surface area (Å²) in [5, 5.41) is 4.97. The summed E-state index contributed by atoms with van der Waals surface area (Å²) in [5.41, 5.74) is 13.0. The first-order valence-electron chi connectivity index (χ1n) is 15.8. The number of rotatable bonds is 5. The molecule has 0 aliphatic rings. The number of fused-ring (bicyclic) bond motifs is 6. The van der Waals surface area contributed by atoms with Crippen LogP contribution in [0.15, 0.2) is 164 Å². The van der Waals surface area contributed by atoms with E-state index in [4.69, 9.17) is 0 Å². The third-order valence-electron chi connectivity index (χ3n) is 9.68. The summed E-state index contributed by atoms with van der Waals surface area (Å²) in [6.45, 7) is 0. The summed E-state index contributed by atoms with van der Waals surface area (Å²) in [6.07, 6.45) is 0. The average molecular weight is 591 g/mol. The molecule has 0 aliphatic carbocycles. The quantitative estimate of drug-likeness (QED) is 0.187. The van der Waals surface area contributed by atoms with Crippen LogP contribution in [0.4, 0.5) is 17.1 Å². The van der Waals surface area contributed by atoms with Gasteiger partial charge in [0.1, 0.15) is 11.4 Å². The number of H-pyrrole nitrogens is 2. The predicted molar refractivity (Wildman–Crippen MR) is 196 cm³/mol. The summed E-state index contributed by atoms with van der Waals surface area (Å²) in [5.74, 6) is 0. The number of nitrogens with zero attached hydrogens (tertiary/aromatic N) is 1. The summed E-state index contributed by atoms with van der Waals surface area (Å²) in [4.78, 5) is 7.48. The van der Waals surface area contributed by atoms with E-state index in [0.717, 1.165) is 22.1 Å². The summed E-state index contributed by atoms with van der Waals surface area (Å²) in [7, 11) is 2.32. The molecular weight excluding hydrogens is 558 g/mol. The van der Waals surface area contributed by atoms with E-state index < -0.39 is 0 Å². The van der Waals surface area contributed by atoms with Crippen LogP contribution >= 0.6 is 0 Å². The molecule has 46 heavy (non-hydrogen) atoms. The van der Waals surface area contributed by atoms with E-state index in [0.29, 0.717) is 4.48 Å². The number of quaternary nitrogens is 1. The van der Waals surface area contributed by atoms with Gasteiger partial charge in [-0.1, -0.05) is 109 Å². The van der Waals surface area contributed by atoms with Gasteiger partial charge in [-0.2, -0.15) is 0 Å². The van der Waals surface area contributed by atoms with Gasteiger partial charge < -0.3 is 9.97 Å². The van der Waals surface area contributed by atoms with E-state index >= 15 is 0 Å². The standard InChI is InChI=1S/C43H32N3/c1-46(31-16-7-3-8-17-31,32-18-9-4-10-19-32)42-26-30(29-14-5-2-6-15-29)24-25-34(42)35-21-13-22-36-38-27-37-33-20-11-12-23-39(33)44-40(37)28-41(38)45-43(35)36/h2-28,44-45H,1H3/q+1. The first kappa shape index (κ1) is 26.5. The molecule has 9 rings (SSSR count). The number of para-hydroxylation sites is 4. The molecule has 0 saturated heterocycles. The number of aromatic amines is 2. The molecule has 2 N–H and O–H groups in total. The SMILES string of the molecule is C[N+](c1ccccc1)(c1ccccc1)c1cc(-c2ccccc2)ccc1-c1cccc2c1[nH]c1cc3[nH]c4ccccc4c3cc12. The fourth-order valence-corrected chi connectivity index (χ4v) is 7.31. The predicted octanol–water partition coefficient (Wildman–Crippen LogP) is 11.9. The number of benzene rings is 7. The lowest BCUT2D eigenvalue weighted by Crippen LogP contribution is -2.34. The highest BCUT2D eigenvalue weighted by atomic mass is 15.3. The minimum atomic E-state index is 0.517. The molecule has 0 aliphatic heterocycles. The van der Waals surface area contributed by atoms with E-state index in [2.05, 4.69) is 181 Å². The van der Waals surface area contributed by atoms with Gasteiger partial charge in [-0.25, -0.2) is 4.48 Å². The molecule has 0 amide bonds. The highest BCUT2D eigenvalue weighted by Gasteiger charge is 2.35. The molecule has 0 spiro atoms. The fourth-order valence-electron chi connectivity index (χ4n) is 7.31. The molecule has 0 saturated carbocycles. The van der Waals surface area contributed by atoms with Crippen LogP contribution in [-0.4, -0.2) is 17.0 Å². The first-order chi connectivity index (χ1) is 22.7. The van der Waals surface area contributed by atoms with Crippen LogP contribution in [0.2, 0.25) is 0 Å². The van der Waals surface area contributed by atoms with Crippen molar-refractivity contribution in [1.29, 1.82) is 0 Å². The number of hydrogen-bond donors (Lipinski definition) is 2. The second-order valence-corrected chi connectivity index (χ2v) is 12.2. The largest absolute Gasteiger partial charge is 0.354 e. The van der Waals surface area contributed by atoms with Crippen molar-refractivity contribution >= 4 is 60.7 Å². The van der Waals surface area contributed by atoms with Gasteiger partial charge >= 0.3 is 0 Å². The molecule has 0 radical (unpaired) electrons. The zero-order valence-corrected chi connectivity index (χ0v) is 25.5. The Morgan fingerprint density at radius 3 is 1.74 bits per heavy atom. The van der Waals surface area contributed by atoms with Crippen molar-refractivity contribution in [3.05, 3.63) is 164 Å². The number of hydrogen-bond acceptors (Lipinski definition) is 0. The van der Waals surface area contributed by atoms with Crippen LogP contribution in [0.25, 0.3) is 65.9 Å². The lowest BCUT2D eigenvalue weighted by atomic mass is 9.94. The molecule has 7 aromatic carbocycles. The van der Waals surface area contributed by atoms with Crippen LogP contribution in [0.1, 0.15) is 0 Å². The smallest absolute Gasteiger partial charge is 0.151 e. The van der Waals surface area contributed by atoms with Gasteiger partial charge in [-0.05, 0) is 59.7 Å². The molecule has 0 bridgehead atoms. The van der Waals surface area contributed by atoms with Gasteiger partial charge in [-0.3, -0.25) is 0 Å². The lowest BCUT2D eigenvalue weighted by molar-refractivity contribution is 0.629. The third-order valence-corrected chi connectivity index (χ3v) is 9.68. The molecule has 218 valence electrons. The summed E-state index contributed by atoms with van der Waals surface area (Å²) >= 11 is 0. The lowest BCUT2D eigenvalue weighted by Gasteiger charge is -2.35. The molecule has 0 unspecified atom stereocenters. The molecular formula is C43H32N3+. The zero-order chi connectivity index (χ0) is 30.7. The Bertz CT molecular complexity index is 2480. The van der Waals surface area contributed by atoms with Crippen molar-refractivity contribution in [3.8, 4) is 22.3 Å². The second-order valence-electron chi connectivity index (χ2n) is 12.2. The monoisotopic (exact) mass is 590 g/mol. The topological polar surface area (TPSA) is 31.6 Å². The maximum Gasteiger partial charge on any atom is 0.151 e. The van der Waals surface area contributed by atoms with E-state index in [1.807, 2.05) is 0 Å². The van der Waals surface area contributed by atoms with Gasteiger partial charge in [0, 0.05) is 55.3 Å². The highest BCUT2D eigenvalue weighted by molar-refractivity contribution is 6.19. The van der Waals surface area contributed by atoms with Gasteiger partial charge in [0.25, 0.3) is 0 Å². The molecule has 9 aromatic rings. The van der Waals surface area contributed by atoms with Crippen LogP contribution in [0, 0.1) is 0 Å². The highest BCUT2D eigenvalue weighted by Crippen LogP contribution is 2.49. The fraction of sp³-hybridized carbons (Fsp3) is 0.0233. The van der Waals surface area contributed by atoms with Crippen LogP contribution < -0.4 is 4.48 Å². The van der Waals surface area contributed by atoms with Crippen molar-refractivity contribution in [1.82, 2.24) is 14.5 Å².